The van der Waals surface area contributed by atoms with Crippen molar-refractivity contribution >= 4 is 13.8 Å². The van der Waals surface area contributed by atoms with Crippen molar-refractivity contribution in [3.63, 3.8) is 0 Å². The molecule has 2 unspecified atom stereocenters. The first-order chi connectivity index (χ1) is 22.6. The number of allylic oxidation sites excluding steroid dienone is 10. The summed E-state index contributed by atoms with van der Waals surface area (Å²) in [5.74, 6) is -0.395. The number of likely N-dealkylation sites (N-methyl/N-ethyl adjacent to an activating group) is 1. The van der Waals surface area contributed by atoms with Crippen LogP contribution in [0.4, 0.5) is 0 Å². The van der Waals surface area contributed by atoms with Crippen molar-refractivity contribution in [2.75, 3.05) is 54.1 Å². The molecule has 0 fully saturated rings. The van der Waals surface area contributed by atoms with E-state index in [2.05, 4.69) is 74.6 Å². The maximum Gasteiger partial charge on any atom is 0.306 e. The van der Waals surface area contributed by atoms with Crippen molar-refractivity contribution in [1.29, 1.82) is 0 Å². The molecule has 0 bridgehead atoms. The lowest BCUT2D eigenvalue weighted by molar-refractivity contribution is -0.870. The number of phosphoric ester groups is 1. The zero-order chi connectivity index (χ0) is 34.9. The highest BCUT2D eigenvalue weighted by Gasteiger charge is 2.20. The van der Waals surface area contributed by atoms with Gasteiger partial charge in [-0.25, -0.2) is 0 Å². The van der Waals surface area contributed by atoms with Crippen molar-refractivity contribution in [2.24, 2.45) is 0 Å². The summed E-state index contributed by atoms with van der Waals surface area (Å²) in [6.45, 7) is 5.16. The number of rotatable bonds is 32. The van der Waals surface area contributed by atoms with E-state index in [1.54, 1.807) is 0 Å². The number of nitrogens with zero attached hydrogens (tertiary/aromatic N) is 1. The fraction of sp³-hybridized carbons (Fsp3) is 0.711. The fourth-order valence-electron chi connectivity index (χ4n) is 4.28. The van der Waals surface area contributed by atoms with Gasteiger partial charge < -0.3 is 27.9 Å². The van der Waals surface area contributed by atoms with Crippen LogP contribution in [0.15, 0.2) is 60.8 Å². The summed E-state index contributed by atoms with van der Waals surface area (Å²) in [4.78, 5) is 24.8. The van der Waals surface area contributed by atoms with Gasteiger partial charge in [0.05, 0.1) is 34.4 Å². The summed E-state index contributed by atoms with van der Waals surface area (Å²) in [6, 6.07) is 0. The van der Waals surface area contributed by atoms with Crippen molar-refractivity contribution in [3.05, 3.63) is 60.8 Å². The SMILES string of the molecule is CC/C=C\C/C=C\C/C=C\C/C=C\C/C=C\CCCC(=O)OC(COCCCCCCCCCC)COP(=O)([O-])OCC[N+](C)(C)C. The van der Waals surface area contributed by atoms with E-state index in [4.69, 9.17) is 18.5 Å². The number of hydrogen-bond donors (Lipinski definition) is 0. The van der Waals surface area contributed by atoms with E-state index in [-0.39, 0.29) is 26.2 Å². The monoisotopic (exact) mass is 681 g/mol. The van der Waals surface area contributed by atoms with Crippen LogP contribution in [0, 0.1) is 0 Å². The Morgan fingerprint density at radius 1 is 0.681 bits per heavy atom. The van der Waals surface area contributed by atoms with Crippen LogP contribution in [0.25, 0.3) is 0 Å². The first-order valence-electron chi connectivity index (χ1n) is 18.0. The first-order valence-corrected chi connectivity index (χ1v) is 19.5. The third kappa shape index (κ3) is 35.3. The molecule has 0 heterocycles. The van der Waals surface area contributed by atoms with Crippen molar-refractivity contribution in [3.8, 4) is 0 Å². The Balaban J connectivity index is 4.42. The second kappa shape index (κ2) is 31.5. The summed E-state index contributed by atoms with van der Waals surface area (Å²) < 4.78 is 34.2. The van der Waals surface area contributed by atoms with Crippen LogP contribution < -0.4 is 4.89 Å². The first kappa shape index (κ1) is 45.2. The number of phosphoric acid groups is 1. The largest absolute Gasteiger partial charge is 0.756 e. The van der Waals surface area contributed by atoms with Crippen molar-refractivity contribution in [1.82, 2.24) is 0 Å². The molecule has 0 aromatic heterocycles. The minimum Gasteiger partial charge on any atom is -0.756 e. The van der Waals surface area contributed by atoms with Crippen molar-refractivity contribution < 1.29 is 37.3 Å². The highest BCUT2D eigenvalue weighted by Crippen LogP contribution is 2.38. The van der Waals surface area contributed by atoms with E-state index in [1.165, 1.54) is 38.5 Å². The Kier molecular flexibility index (Phi) is 30.3. The van der Waals surface area contributed by atoms with Crippen LogP contribution in [0.1, 0.15) is 117 Å². The molecule has 0 aromatic rings. The van der Waals surface area contributed by atoms with Gasteiger partial charge in [0, 0.05) is 13.0 Å². The molecule has 0 spiro atoms. The summed E-state index contributed by atoms with van der Waals surface area (Å²) in [7, 11) is 1.31. The minimum absolute atomic E-state index is 0.0134. The Morgan fingerprint density at radius 2 is 1.21 bits per heavy atom. The zero-order valence-electron chi connectivity index (χ0n) is 30.5. The normalized spacial score (nSPS) is 14.8. The molecular weight excluding hydrogens is 613 g/mol. The number of carbonyl (C=O) groups is 1. The van der Waals surface area contributed by atoms with Gasteiger partial charge in [-0.2, -0.15) is 0 Å². The standard InChI is InChI=1S/C38H68NO7P/c1-6-8-10-12-14-16-17-18-19-20-21-22-23-24-25-27-29-31-38(40)46-37(35-43-33-30-28-26-15-13-11-9-7-2)36-45-47(41,42)44-34-32-39(3,4)5/h8,10,14,16,18-19,21-22,24-25,37H,6-7,9,11-13,15,17,20,23,26-36H2,1-5H3/b10-8-,16-14-,19-18-,22-21-,25-24-. The summed E-state index contributed by atoms with van der Waals surface area (Å²) in [5, 5.41) is 0. The Morgan fingerprint density at radius 3 is 1.77 bits per heavy atom. The third-order valence-corrected chi connectivity index (χ3v) is 8.05. The quantitative estimate of drug-likeness (QED) is 0.0230. The Bertz CT molecular complexity index is 937. The van der Waals surface area contributed by atoms with Gasteiger partial charge in [0.25, 0.3) is 7.82 Å². The molecule has 0 saturated carbocycles. The second-order valence-corrected chi connectivity index (χ2v) is 14.3. The average molecular weight is 682 g/mol. The van der Waals surface area contributed by atoms with E-state index in [1.807, 2.05) is 21.1 Å². The van der Waals surface area contributed by atoms with Gasteiger partial charge in [-0.1, -0.05) is 120 Å². The van der Waals surface area contributed by atoms with Gasteiger partial charge in [-0.05, 0) is 51.4 Å². The van der Waals surface area contributed by atoms with Crippen LogP contribution in [0.3, 0.4) is 0 Å². The van der Waals surface area contributed by atoms with Crippen LogP contribution in [-0.2, 0) is 27.9 Å². The molecule has 0 saturated heterocycles. The molecule has 0 radical (unpaired) electrons. The molecule has 0 aliphatic carbocycles. The van der Waals surface area contributed by atoms with Crippen LogP contribution >= 0.6 is 7.82 Å². The van der Waals surface area contributed by atoms with Crippen LogP contribution in [0.5, 0.6) is 0 Å². The number of esters is 1. The molecule has 0 amide bonds. The average Bonchev–Trinajstić information content (AvgIpc) is 3.01. The molecule has 47 heavy (non-hydrogen) atoms. The van der Waals surface area contributed by atoms with Gasteiger partial charge >= 0.3 is 5.97 Å². The van der Waals surface area contributed by atoms with Crippen molar-refractivity contribution in [2.45, 2.75) is 123 Å². The lowest BCUT2D eigenvalue weighted by atomic mass is 10.1. The van der Waals surface area contributed by atoms with Gasteiger partial charge in [0.2, 0.25) is 0 Å². The van der Waals surface area contributed by atoms with E-state index in [9.17, 15) is 14.3 Å². The molecule has 0 aliphatic heterocycles. The topological polar surface area (TPSA) is 94.1 Å². The number of quaternary nitrogens is 1. The number of unbranched alkanes of at least 4 members (excludes halogenated alkanes) is 8. The predicted molar refractivity (Wildman–Crippen MR) is 194 cm³/mol. The van der Waals surface area contributed by atoms with Gasteiger partial charge in [-0.15, -0.1) is 0 Å². The van der Waals surface area contributed by atoms with Crippen LogP contribution in [-0.4, -0.2) is 70.7 Å². The molecule has 0 N–H and O–H groups in total. The highest BCUT2D eigenvalue weighted by atomic mass is 31.2. The molecule has 0 rings (SSSR count). The number of carbonyl (C=O) groups excluding carboxylic acids is 1. The maximum absolute atomic E-state index is 12.5. The molecule has 9 heteroatoms. The van der Waals surface area contributed by atoms with E-state index in [0.29, 0.717) is 24.1 Å². The smallest absolute Gasteiger partial charge is 0.306 e. The summed E-state index contributed by atoms with van der Waals surface area (Å²) >= 11 is 0. The molecule has 8 nitrogen and oxygen atoms in total. The maximum atomic E-state index is 12.5. The third-order valence-electron chi connectivity index (χ3n) is 7.08. The predicted octanol–water partition coefficient (Wildman–Crippen LogP) is 9.19. The summed E-state index contributed by atoms with van der Waals surface area (Å²) in [5.41, 5.74) is 0. The molecule has 0 aliphatic rings. The van der Waals surface area contributed by atoms with Gasteiger partial charge in [0.15, 0.2) is 0 Å². The fourth-order valence-corrected chi connectivity index (χ4v) is 5.01. The lowest BCUT2D eigenvalue weighted by Crippen LogP contribution is -2.37. The number of hydrogen-bond acceptors (Lipinski definition) is 7. The van der Waals surface area contributed by atoms with E-state index < -0.39 is 19.9 Å². The van der Waals surface area contributed by atoms with Gasteiger partial charge in [-0.3, -0.25) is 9.36 Å². The molecule has 2 atom stereocenters. The zero-order valence-corrected chi connectivity index (χ0v) is 31.3. The lowest BCUT2D eigenvalue weighted by Gasteiger charge is -2.28. The molecule has 0 aromatic carbocycles. The molecular formula is C38H68NO7P. The van der Waals surface area contributed by atoms with Crippen LogP contribution in [0.2, 0.25) is 0 Å². The Labute approximate surface area is 288 Å². The van der Waals surface area contributed by atoms with Gasteiger partial charge in [0.1, 0.15) is 19.3 Å². The minimum atomic E-state index is -4.53. The van der Waals surface area contributed by atoms with E-state index >= 15 is 0 Å². The number of ether oxygens (including phenoxy) is 2. The Hall–Kier alpha value is -1.80. The highest BCUT2D eigenvalue weighted by molar-refractivity contribution is 7.45. The molecule has 272 valence electrons. The van der Waals surface area contributed by atoms with E-state index in [0.717, 1.165) is 51.4 Å². The second-order valence-electron chi connectivity index (χ2n) is 12.9. The summed E-state index contributed by atoms with van der Waals surface area (Å²) in [6.07, 6.45) is 36.7.